The molecule has 2 aliphatic heterocycles. The van der Waals surface area contributed by atoms with Gasteiger partial charge in [-0.3, -0.25) is 28.8 Å². The molecule has 11 heteroatoms. The lowest BCUT2D eigenvalue weighted by Gasteiger charge is -2.37. The topological polar surface area (TPSA) is 110 Å². The van der Waals surface area contributed by atoms with Crippen molar-refractivity contribution in [2.45, 2.75) is 26.3 Å². The number of nitrogens with zero attached hydrogens (tertiary/aromatic N) is 5. The molecule has 4 rings (SSSR count). The first-order chi connectivity index (χ1) is 18.2. The smallest absolute Gasteiger partial charge is 0.303 e. The molecule has 0 bridgehead atoms. The van der Waals surface area contributed by atoms with Gasteiger partial charge in [0, 0.05) is 58.3 Å². The zero-order valence-corrected chi connectivity index (χ0v) is 23.0. The number of piperazine rings is 1. The molecule has 3 heterocycles. The normalized spacial score (nSPS) is 17.3. The fraction of sp³-hybridized carbons (Fsp3) is 0.370. The lowest BCUT2D eigenvalue weighted by molar-refractivity contribution is -0.137. The van der Waals surface area contributed by atoms with Crippen LogP contribution in [-0.4, -0.2) is 68.4 Å². The molecule has 2 aliphatic rings. The molecule has 198 valence electrons. The summed E-state index contributed by atoms with van der Waals surface area (Å²) in [6, 6.07) is 12.3. The van der Waals surface area contributed by atoms with Crippen LogP contribution in [0.4, 0.5) is 5.82 Å². The third-order valence-corrected chi connectivity index (χ3v) is 8.19. The van der Waals surface area contributed by atoms with Crippen molar-refractivity contribution in [3.8, 4) is 6.07 Å². The maximum atomic E-state index is 13.2. The molecule has 2 fully saturated rings. The van der Waals surface area contributed by atoms with E-state index in [1.165, 1.54) is 15.0 Å². The van der Waals surface area contributed by atoms with Gasteiger partial charge in [-0.25, -0.2) is 0 Å². The molecule has 0 saturated carbocycles. The van der Waals surface area contributed by atoms with E-state index in [2.05, 4.69) is 21.9 Å². The fourth-order valence-electron chi connectivity index (χ4n) is 4.77. The van der Waals surface area contributed by atoms with E-state index in [-0.39, 0.29) is 30.0 Å². The first kappa shape index (κ1) is 27.6. The maximum Gasteiger partial charge on any atom is 0.303 e. The lowest BCUT2D eigenvalue weighted by atomic mass is 10.0. The van der Waals surface area contributed by atoms with Crippen LogP contribution in [0.25, 0.3) is 6.08 Å². The maximum absolute atomic E-state index is 13.2. The second-order valence-electron chi connectivity index (χ2n) is 9.29. The molecule has 0 unspecified atom stereocenters. The average molecular weight is 552 g/mol. The third kappa shape index (κ3) is 5.83. The van der Waals surface area contributed by atoms with Crippen LogP contribution in [0.15, 0.2) is 40.0 Å². The summed E-state index contributed by atoms with van der Waals surface area (Å²) in [5.41, 5.74) is 2.08. The first-order valence-corrected chi connectivity index (χ1v) is 13.6. The van der Waals surface area contributed by atoms with Gasteiger partial charge in [-0.1, -0.05) is 54.3 Å². The van der Waals surface area contributed by atoms with E-state index in [0.29, 0.717) is 45.7 Å². The molecule has 1 aromatic carbocycles. The Hall–Kier alpha value is -3.46. The van der Waals surface area contributed by atoms with Crippen molar-refractivity contribution < 1.29 is 14.7 Å². The van der Waals surface area contributed by atoms with Crippen LogP contribution in [0.3, 0.4) is 0 Å². The van der Waals surface area contributed by atoms with Gasteiger partial charge in [0.05, 0.1) is 4.91 Å². The van der Waals surface area contributed by atoms with E-state index >= 15 is 0 Å². The number of aromatic nitrogens is 1. The van der Waals surface area contributed by atoms with Gasteiger partial charge in [0.2, 0.25) is 0 Å². The van der Waals surface area contributed by atoms with Gasteiger partial charge in [0.15, 0.2) is 0 Å². The number of benzene rings is 1. The highest BCUT2D eigenvalue weighted by atomic mass is 32.2. The standard InChI is InChI=1S/C27H29N5O4S2/c1-18-20(15-22-26(36)32(27(37)38-22)10-6-9-23(33)34)24(29(2)25(35)21(18)16-28)31-13-11-30(12-14-31)17-19-7-4-3-5-8-19/h3-5,7-8,15H,6,9-14,17H2,1-2H3,(H,33,34). The predicted molar refractivity (Wildman–Crippen MR) is 152 cm³/mol. The summed E-state index contributed by atoms with van der Waals surface area (Å²) >= 11 is 6.55. The van der Waals surface area contributed by atoms with Crippen LogP contribution in [0.2, 0.25) is 0 Å². The lowest BCUT2D eigenvalue weighted by Crippen LogP contribution is -2.48. The molecule has 1 N–H and O–H groups in total. The number of carboxylic acids is 1. The molecule has 0 atom stereocenters. The summed E-state index contributed by atoms with van der Waals surface area (Å²) in [4.78, 5) is 43.4. The van der Waals surface area contributed by atoms with Crippen LogP contribution < -0.4 is 10.5 Å². The molecule has 2 saturated heterocycles. The molecule has 0 aliphatic carbocycles. The Kier molecular flexibility index (Phi) is 8.66. The van der Waals surface area contributed by atoms with Crippen LogP contribution in [0.1, 0.15) is 35.1 Å². The average Bonchev–Trinajstić information content (AvgIpc) is 3.16. The number of thiocarbonyl (C=S) groups is 1. The number of nitriles is 1. The molecule has 0 spiro atoms. The zero-order valence-electron chi connectivity index (χ0n) is 21.3. The summed E-state index contributed by atoms with van der Waals surface area (Å²) in [6.07, 6.45) is 1.96. The van der Waals surface area contributed by atoms with Crippen molar-refractivity contribution in [2.75, 3.05) is 37.6 Å². The van der Waals surface area contributed by atoms with Crippen molar-refractivity contribution in [3.05, 3.63) is 67.8 Å². The van der Waals surface area contributed by atoms with Crippen molar-refractivity contribution >= 4 is 52.1 Å². The Bertz CT molecular complexity index is 1390. The molecule has 0 radical (unpaired) electrons. The number of hydrogen-bond acceptors (Lipinski definition) is 8. The van der Waals surface area contributed by atoms with Crippen LogP contribution >= 0.6 is 24.0 Å². The molecular formula is C27H29N5O4S2. The number of hydrogen-bond donors (Lipinski definition) is 1. The third-order valence-electron chi connectivity index (χ3n) is 6.81. The number of amides is 1. The second kappa shape index (κ2) is 11.9. The van der Waals surface area contributed by atoms with E-state index < -0.39 is 5.97 Å². The van der Waals surface area contributed by atoms with Gasteiger partial charge in [0.1, 0.15) is 21.8 Å². The largest absolute Gasteiger partial charge is 0.481 e. The number of pyridine rings is 1. The van der Waals surface area contributed by atoms with Crippen molar-refractivity contribution in [1.29, 1.82) is 5.26 Å². The van der Waals surface area contributed by atoms with Gasteiger partial charge < -0.3 is 10.0 Å². The Labute approximate surface area is 230 Å². The predicted octanol–water partition coefficient (Wildman–Crippen LogP) is 2.95. The van der Waals surface area contributed by atoms with Crippen LogP contribution in [-0.2, 0) is 23.2 Å². The van der Waals surface area contributed by atoms with Gasteiger partial charge >= 0.3 is 5.97 Å². The van der Waals surface area contributed by atoms with Gasteiger partial charge in [-0.2, -0.15) is 5.26 Å². The molecule has 2 aromatic rings. The van der Waals surface area contributed by atoms with E-state index in [4.69, 9.17) is 17.3 Å². The van der Waals surface area contributed by atoms with E-state index in [1.807, 2.05) is 24.3 Å². The highest BCUT2D eigenvalue weighted by molar-refractivity contribution is 8.26. The Morgan fingerprint density at radius 3 is 2.50 bits per heavy atom. The van der Waals surface area contributed by atoms with Crippen LogP contribution in [0.5, 0.6) is 0 Å². The highest BCUT2D eigenvalue weighted by Gasteiger charge is 2.33. The zero-order chi connectivity index (χ0) is 27.4. The monoisotopic (exact) mass is 551 g/mol. The molecular weight excluding hydrogens is 522 g/mol. The number of carboxylic acid groups (broad SMARTS) is 1. The first-order valence-electron chi connectivity index (χ1n) is 12.3. The highest BCUT2D eigenvalue weighted by Crippen LogP contribution is 2.36. The van der Waals surface area contributed by atoms with Crippen LogP contribution in [0, 0.1) is 18.3 Å². The summed E-state index contributed by atoms with van der Waals surface area (Å²) in [7, 11) is 1.66. The molecule has 1 aromatic heterocycles. The Balaban J connectivity index is 1.63. The minimum atomic E-state index is -0.927. The number of carbonyl (C=O) groups excluding carboxylic acids is 1. The minimum Gasteiger partial charge on any atom is -0.481 e. The molecule has 38 heavy (non-hydrogen) atoms. The van der Waals surface area contributed by atoms with Crippen molar-refractivity contribution in [2.24, 2.45) is 7.05 Å². The van der Waals surface area contributed by atoms with Crippen molar-refractivity contribution in [3.63, 3.8) is 0 Å². The SMILES string of the molecule is Cc1c(C=C2SC(=S)N(CCCC(=O)O)C2=O)c(N2CCN(Cc3ccccc3)CC2)n(C)c(=O)c1C#N. The molecule has 1 amide bonds. The number of thioether (sulfide) groups is 1. The second-order valence-corrected chi connectivity index (χ2v) is 11.0. The Morgan fingerprint density at radius 1 is 1.18 bits per heavy atom. The summed E-state index contributed by atoms with van der Waals surface area (Å²) < 4.78 is 1.86. The Morgan fingerprint density at radius 2 is 1.87 bits per heavy atom. The van der Waals surface area contributed by atoms with Gasteiger partial charge in [-0.15, -0.1) is 0 Å². The number of rotatable bonds is 8. The summed E-state index contributed by atoms with van der Waals surface area (Å²) in [5.74, 6) is -0.554. The number of carbonyl (C=O) groups is 2. The van der Waals surface area contributed by atoms with E-state index in [1.54, 1.807) is 20.0 Å². The molecule has 9 nitrogen and oxygen atoms in total. The van der Waals surface area contributed by atoms with Gasteiger partial charge in [-0.05, 0) is 30.5 Å². The van der Waals surface area contributed by atoms with Crippen molar-refractivity contribution in [1.82, 2.24) is 14.4 Å². The summed E-state index contributed by atoms with van der Waals surface area (Å²) in [5, 5.41) is 18.6. The number of anilines is 1. The number of aliphatic carboxylic acids is 1. The minimum absolute atomic E-state index is 0.0437. The quantitative estimate of drug-likeness (QED) is 0.391. The summed E-state index contributed by atoms with van der Waals surface area (Å²) in [6.45, 7) is 5.76. The van der Waals surface area contributed by atoms with E-state index in [0.717, 1.165) is 31.4 Å². The van der Waals surface area contributed by atoms with E-state index in [9.17, 15) is 19.6 Å². The fourth-order valence-corrected chi connectivity index (χ4v) is 6.06. The van der Waals surface area contributed by atoms with Gasteiger partial charge in [0.25, 0.3) is 11.5 Å².